The summed E-state index contributed by atoms with van der Waals surface area (Å²) in [5, 5.41) is 12.5. The quantitative estimate of drug-likeness (QED) is 0.675. The molecule has 0 aliphatic carbocycles. The van der Waals surface area contributed by atoms with Gasteiger partial charge in [-0.1, -0.05) is 23.9 Å². The Morgan fingerprint density at radius 1 is 1.26 bits per heavy atom. The standard InChI is InChI=1S/C18H25N5O2S2/c1-3-23-17(22-9-11-25-12-10-22)20-21-18(23)27-13-8-16(24)19-14-6-4-5-7-15(14)26-2/h4-7H,3,8-13H2,1-2H3,(H,19,24). The van der Waals surface area contributed by atoms with Gasteiger partial charge in [-0.25, -0.2) is 0 Å². The number of carbonyl (C=O) groups excluding carboxylic acids is 1. The smallest absolute Gasteiger partial charge is 0.228 e. The molecule has 1 amide bonds. The van der Waals surface area contributed by atoms with Gasteiger partial charge >= 0.3 is 0 Å². The fraction of sp³-hybridized carbons (Fsp3) is 0.500. The molecule has 1 fully saturated rings. The van der Waals surface area contributed by atoms with E-state index in [0.717, 1.165) is 54.5 Å². The lowest BCUT2D eigenvalue weighted by molar-refractivity contribution is -0.115. The van der Waals surface area contributed by atoms with Crippen LogP contribution in [0.1, 0.15) is 13.3 Å². The molecule has 0 spiro atoms. The molecule has 0 saturated carbocycles. The molecule has 27 heavy (non-hydrogen) atoms. The van der Waals surface area contributed by atoms with Crippen molar-refractivity contribution in [1.82, 2.24) is 14.8 Å². The average molecular weight is 408 g/mol. The molecule has 1 saturated heterocycles. The fourth-order valence-electron chi connectivity index (χ4n) is 2.86. The topological polar surface area (TPSA) is 72.3 Å². The number of hydrogen-bond donors (Lipinski definition) is 1. The number of morpholine rings is 1. The summed E-state index contributed by atoms with van der Waals surface area (Å²) in [5.41, 5.74) is 0.867. The minimum absolute atomic E-state index is 0.0139. The molecule has 9 heteroatoms. The van der Waals surface area contributed by atoms with Gasteiger partial charge in [0.25, 0.3) is 0 Å². The number of rotatable bonds is 8. The Balaban J connectivity index is 1.54. The molecule has 0 bridgehead atoms. The number of amides is 1. The highest BCUT2D eigenvalue weighted by atomic mass is 32.2. The van der Waals surface area contributed by atoms with Gasteiger partial charge in [0.05, 0.1) is 18.9 Å². The van der Waals surface area contributed by atoms with Crippen molar-refractivity contribution in [3.05, 3.63) is 24.3 Å². The van der Waals surface area contributed by atoms with E-state index in [4.69, 9.17) is 4.74 Å². The highest BCUT2D eigenvalue weighted by molar-refractivity contribution is 7.99. The number of hydrogen-bond acceptors (Lipinski definition) is 7. The van der Waals surface area contributed by atoms with Crippen LogP contribution in [0.3, 0.4) is 0 Å². The Bertz CT molecular complexity index is 762. The van der Waals surface area contributed by atoms with Crippen LogP contribution in [0.5, 0.6) is 0 Å². The number of carbonyl (C=O) groups is 1. The normalized spacial score (nSPS) is 14.4. The summed E-state index contributed by atoms with van der Waals surface area (Å²) >= 11 is 3.19. The van der Waals surface area contributed by atoms with Crippen LogP contribution in [-0.4, -0.2) is 59.0 Å². The molecule has 0 radical (unpaired) electrons. The third kappa shape index (κ3) is 5.18. The molecular weight excluding hydrogens is 382 g/mol. The van der Waals surface area contributed by atoms with Crippen molar-refractivity contribution in [2.45, 2.75) is 29.9 Å². The first-order valence-corrected chi connectivity index (χ1v) is 11.3. The molecule has 7 nitrogen and oxygen atoms in total. The molecule has 3 rings (SSSR count). The number of ether oxygens (including phenoxy) is 1. The Labute approximate surface area is 168 Å². The monoisotopic (exact) mass is 407 g/mol. The second-order valence-corrected chi connectivity index (χ2v) is 7.88. The van der Waals surface area contributed by atoms with Crippen LogP contribution in [-0.2, 0) is 16.1 Å². The number of thioether (sulfide) groups is 2. The fourth-order valence-corrected chi connectivity index (χ4v) is 4.35. The molecule has 0 atom stereocenters. The first-order valence-electron chi connectivity index (χ1n) is 9.04. The van der Waals surface area contributed by atoms with Gasteiger partial charge in [-0.2, -0.15) is 0 Å². The van der Waals surface area contributed by atoms with Gasteiger partial charge in [-0.3, -0.25) is 9.36 Å². The van der Waals surface area contributed by atoms with Gasteiger partial charge in [0.1, 0.15) is 0 Å². The van der Waals surface area contributed by atoms with E-state index in [1.165, 1.54) is 0 Å². The minimum atomic E-state index is 0.0139. The van der Waals surface area contributed by atoms with Crippen molar-refractivity contribution in [3.63, 3.8) is 0 Å². The summed E-state index contributed by atoms with van der Waals surface area (Å²) in [6.07, 6.45) is 2.43. The van der Waals surface area contributed by atoms with Crippen LogP contribution in [0.2, 0.25) is 0 Å². The zero-order chi connectivity index (χ0) is 19.1. The van der Waals surface area contributed by atoms with Gasteiger partial charge in [0.2, 0.25) is 11.9 Å². The zero-order valence-electron chi connectivity index (χ0n) is 15.7. The number of anilines is 2. The summed E-state index contributed by atoms with van der Waals surface area (Å²) in [6.45, 7) is 5.99. The minimum Gasteiger partial charge on any atom is -0.378 e. The molecule has 1 aromatic heterocycles. The van der Waals surface area contributed by atoms with Crippen LogP contribution >= 0.6 is 23.5 Å². The van der Waals surface area contributed by atoms with E-state index in [9.17, 15) is 4.79 Å². The number of benzene rings is 1. The summed E-state index contributed by atoms with van der Waals surface area (Å²) in [4.78, 5) is 15.6. The van der Waals surface area contributed by atoms with Crippen LogP contribution in [0.4, 0.5) is 11.6 Å². The van der Waals surface area contributed by atoms with Gasteiger partial charge in [0, 0.05) is 36.7 Å². The van der Waals surface area contributed by atoms with E-state index in [1.54, 1.807) is 23.5 Å². The lowest BCUT2D eigenvalue weighted by Crippen LogP contribution is -2.38. The van der Waals surface area contributed by atoms with Crippen LogP contribution in [0, 0.1) is 0 Å². The van der Waals surface area contributed by atoms with E-state index in [2.05, 4.69) is 31.9 Å². The Morgan fingerprint density at radius 3 is 2.78 bits per heavy atom. The van der Waals surface area contributed by atoms with Crippen molar-refractivity contribution >= 4 is 41.1 Å². The average Bonchev–Trinajstić information content (AvgIpc) is 3.12. The number of para-hydroxylation sites is 1. The largest absolute Gasteiger partial charge is 0.378 e. The lowest BCUT2D eigenvalue weighted by atomic mass is 10.3. The highest BCUT2D eigenvalue weighted by Gasteiger charge is 2.19. The van der Waals surface area contributed by atoms with Crippen LogP contribution in [0.15, 0.2) is 34.3 Å². The Hall–Kier alpha value is -1.71. The summed E-state index contributed by atoms with van der Waals surface area (Å²) in [7, 11) is 0. The highest BCUT2D eigenvalue weighted by Crippen LogP contribution is 2.26. The molecule has 1 N–H and O–H groups in total. The Morgan fingerprint density at radius 2 is 2.04 bits per heavy atom. The van der Waals surface area contributed by atoms with Crippen LogP contribution < -0.4 is 10.2 Å². The first kappa shape index (κ1) is 20.0. The van der Waals surface area contributed by atoms with Gasteiger partial charge in [-0.05, 0) is 25.3 Å². The van der Waals surface area contributed by atoms with Gasteiger partial charge in [0.15, 0.2) is 5.16 Å². The summed E-state index contributed by atoms with van der Waals surface area (Å²) in [5.74, 6) is 1.57. The van der Waals surface area contributed by atoms with Crippen molar-refractivity contribution in [1.29, 1.82) is 0 Å². The molecule has 1 aliphatic rings. The van der Waals surface area contributed by atoms with E-state index in [-0.39, 0.29) is 5.91 Å². The SMILES string of the molecule is CCn1c(SCCC(=O)Nc2ccccc2SC)nnc1N1CCOCC1. The number of nitrogens with one attached hydrogen (secondary N) is 1. The maximum Gasteiger partial charge on any atom is 0.228 e. The molecule has 2 aromatic rings. The number of nitrogens with zero attached hydrogens (tertiary/aromatic N) is 4. The molecular formula is C18H25N5O2S2. The zero-order valence-corrected chi connectivity index (χ0v) is 17.3. The third-order valence-corrected chi connectivity index (χ3v) is 6.01. The third-order valence-electron chi connectivity index (χ3n) is 4.25. The van der Waals surface area contributed by atoms with Crippen LogP contribution in [0.25, 0.3) is 0 Å². The second kappa shape index (κ2) is 10.0. The molecule has 1 aliphatic heterocycles. The maximum atomic E-state index is 12.3. The van der Waals surface area contributed by atoms with E-state index in [0.29, 0.717) is 12.2 Å². The van der Waals surface area contributed by atoms with Crippen molar-refractivity contribution in [2.24, 2.45) is 0 Å². The predicted molar refractivity (Wildman–Crippen MR) is 111 cm³/mol. The van der Waals surface area contributed by atoms with Gasteiger partial charge < -0.3 is 15.0 Å². The lowest BCUT2D eigenvalue weighted by Gasteiger charge is -2.27. The number of aromatic nitrogens is 3. The van der Waals surface area contributed by atoms with Crippen molar-refractivity contribution < 1.29 is 9.53 Å². The maximum absolute atomic E-state index is 12.3. The summed E-state index contributed by atoms with van der Waals surface area (Å²) < 4.78 is 7.52. The Kier molecular flexibility index (Phi) is 7.42. The van der Waals surface area contributed by atoms with Gasteiger partial charge in [-0.15, -0.1) is 22.0 Å². The first-order chi connectivity index (χ1) is 13.2. The van der Waals surface area contributed by atoms with Crippen molar-refractivity contribution in [3.8, 4) is 0 Å². The predicted octanol–water partition coefficient (Wildman–Crippen LogP) is 2.98. The molecule has 2 heterocycles. The van der Waals surface area contributed by atoms with E-state index >= 15 is 0 Å². The molecule has 1 aromatic carbocycles. The molecule has 146 valence electrons. The molecule has 0 unspecified atom stereocenters. The van der Waals surface area contributed by atoms with Crippen molar-refractivity contribution in [2.75, 3.05) is 48.5 Å². The van der Waals surface area contributed by atoms with E-state index < -0.39 is 0 Å². The van der Waals surface area contributed by atoms with E-state index in [1.807, 2.05) is 30.5 Å². The summed E-state index contributed by atoms with van der Waals surface area (Å²) in [6, 6.07) is 7.84. The second-order valence-electron chi connectivity index (χ2n) is 5.97.